The minimum atomic E-state index is -1.05. The van der Waals surface area contributed by atoms with Crippen LogP contribution in [0.3, 0.4) is 0 Å². The van der Waals surface area contributed by atoms with Crippen LogP contribution in [-0.2, 0) is 9.53 Å². The Morgan fingerprint density at radius 3 is 2.42 bits per heavy atom. The maximum atomic E-state index is 12.7. The van der Waals surface area contributed by atoms with Gasteiger partial charge < -0.3 is 24.3 Å². The van der Waals surface area contributed by atoms with Gasteiger partial charge in [0.05, 0.1) is 20.4 Å². The Balaban J connectivity index is 1.67. The SMILES string of the molecule is COc1ccc(NC(=O)C(C)OC(=O)c2ccccc2Oc2cccnc2)cc1OC. The molecule has 1 unspecified atom stereocenters. The lowest BCUT2D eigenvalue weighted by Gasteiger charge is -2.16. The Labute approximate surface area is 179 Å². The zero-order chi connectivity index (χ0) is 22.2. The summed E-state index contributed by atoms with van der Waals surface area (Å²) < 4.78 is 21.5. The van der Waals surface area contributed by atoms with Crippen LogP contribution in [0.1, 0.15) is 17.3 Å². The number of rotatable bonds is 8. The van der Waals surface area contributed by atoms with Crippen molar-refractivity contribution in [1.82, 2.24) is 4.98 Å². The highest BCUT2D eigenvalue weighted by Gasteiger charge is 2.22. The van der Waals surface area contributed by atoms with Crippen molar-refractivity contribution in [1.29, 1.82) is 0 Å². The lowest BCUT2D eigenvalue weighted by Crippen LogP contribution is -2.30. The lowest BCUT2D eigenvalue weighted by atomic mass is 10.2. The number of benzene rings is 2. The summed E-state index contributed by atoms with van der Waals surface area (Å²) in [5.41, 5.74) is 0.669. The highest BCUT2D eigenvalue weighted by molar-refractivity contribution is 5.98. The molecule has 0 bridgehead atoms. The highest BCUT2D eigenvalue weighted by Crippen LogP contribution is 2.30. The molecule has 0 saturated carbocycles. The quantitative estimate of drug-likeness (QED) is 0.547. The Morgan fingerprint density at radius 1 is 0.935 bits per heavy atom. The van der Waals surface area contributed by atoms with Gasteiger partial charge in [0, 0.05) is 18.0 Å². The predicted octanol–water partition coefficient (Wildman–Crippen LogP) is 4.08. The van der Waals surface area contributed by atoms with Crippen LogP contribution in [0.25, 0.3) is 0 Å². The number of aromatic nitrogens is 1. The van der Waals surface area contributed by atoms with Crippen molar-refractivity contribution in [2.75, 3.05) is 19.5 Å². The molecular weight excluding hydrogens is 400 g/mol. The Morgan fingerprint density at radius 2 is 1.71 bits per heavy atom. The van der Waals surface area contributed by atoms with E-state index < -0.39 is 18.0 Å². The Kier molecular flexibility index (Phi) is 7.05. The maximum absolute atomic E-state index is 12.7. The molecule has 8 heteroatoms. The Bertz CT molecular complexity index is 1050. The highest BCUT2D eigenvalue weighted by atomic mass is 16.6. The second kappa shape index (κ2) is 10.1. The summed E-state index contributed by atoms with van der Waals surface area (Å²) >= 11 is 0. The van der Waals surface area contributed by atoms with Crippen LogP contribution < -0.4 is 19.5 Å². The molecule has 3 aromatic rings. The van der Waals surface area contributed by atoms with Crippen molar-refractivity contribution in [2.24, 2.45) is 0 Å². The number of methoxy groups -OCH3 is 2. The number of nitrogens with zero attached hydrogens (tertiary/aromatic N) is 1. The number of hydrogen-bond acceptors (Lipinski definition) is 7. The number of anilines is 1. The third-order valence-corrected chi connectivity index (χ3v) is 4.27. The number of pyridine rings is 1. The smallest absolute Gasteiger partial charge is 0.342 e. The molecule has 2 aromatic carbocycles. The van der Waals surface area contributed by atoms with Gasteiger partial charge in [-0.3, -0.25) is 9.78 Å². The van der Waals surface area contributed by atoms with E-state index in [-0.39, 0.29) is 5.56 Å². The lowest BCUT2D eigenvalue weighted by molar-refractivity contribution is -0.123. The summed E-state index contributed by atoms with van der Waals surface area (Å²) in [5, 5.41) is 2.69. The summed E-state index contributed by atoms with van der Waals surface area (Å²) in [5.74, 6) is 0.590. The molecule has 1 N–H and O–H groups in total. The molecule has 0 radical (unpaired) electrons. The molecular formula is C23H22N2O6. The van der Waals surface area contributed by atoms with E-state index in [1.165, 1.54) is 27.3 Å². The molecule has 1 heterocycles. The Hall–Kier alpha value is -4.07. The third-order valence-electron chi connectivity index (χ3n) is 4.27. The first-order chi connectivity index (χ1) is 15.0. The first-order valence-electron chi connectivity index (χ1n) is 9.42. The average Bonchev–Trinajstić information content (AvgIpc) is 2.79. The van der Waals surface area contributed by atoms with Gasteiger partial charge in [0.15, 0.2) is 17.6 Å². The molecule has 8 nitrogen and oxygen atoms in total. The van der Waals surface area contributed by atoms with E-state index in [0.717, 1.165) is 0 Å². The summed E-state index contributed by atoms with van der Waals surface area (Å²) in [6.45, 7) is 1.48. The summed E-state index contributed by atoms with van der Waals surface area (Å²) in [4.78, 5) is 29.2. The van der Waals surface area contributed by atoms with Crippen LogP contribution in [0.4, 0.5) is 5.69 Å². The van der Waals surface area contributed by atoms with Gasteiger partial charge in [-0.05, 0) is 43.3 Å². The molecule has 3 rings (SSSR count). The molecule has 1 aromatic heterocycles. The van der Waals surface area contributed by atoms with Crippen molar-refractivity contribution in [2.45, 2.75) is 13.0 Å². The molecule has 0 fully saturated rings. The maximum Gasteiger partial charge on any atom is 0.342 e. The minimum absolute atomic E-state index is 0.192. The van der Waals surface area contributed by atoms with Gasteiger partial charge in [0.1, 0.15) is 17.1 Å². The molecule has 160 valence electrons. The molecule has 1 amide bonds. The third kappa shape index (κ3) is 5.51. The van der Waals surface area contributed by atoms with Crippen LogP contribution in [0, 0.1) is 0 Å². The number of amides is 1. The fraction of sp³-hybridized carbons (Fsp3) is 0.174. The van der Waals surface area contributed by atoms with E-state index in [4.69, 9.17) is 18.9 Å². The molecule has 0 saturated heterocycles. The zero-order valence-corrected chi connectivity index (χ0v) is 17.3. The van der Waals surface area contributed by atoms with E-state index in [9.17, 15) is 9.59 Å². The summed E-state index contributed by atoms with van der Waals surface area (Å²) in [6, 6.07) is 15.0. The second-order valence-electron chi connectivity index (χ2n) is 6.39. The van der Waals surface area contributed by atoms with Crippen molar-refractivity contribution < 1.29 is 28.5 Å². The summed E-state index contributed by atoms with van der Waals surface area (Å²) in [7, 11) is 3.02. The average molecular weight is 422 g/mol. The van der Waals surface area contributed by atoms with Gasteiger partial charge in [0.25, 0.3) is 5.91 Å². The largest absolute Gasteiger partial charge is 0.493 e. The predicted molar refractivity (Wildman–Crippen MR) is 114 cm³/mol. The van der Waals surface area contributed by atoms with Gasteiger partial charge in [0.2, 0.25) is 0 Å². The molecule has 0 aliphatic carbocycles. The van der Waals surface area contributed by atoms with E-state index in [0.29, 0.717) is 28.7 Å². The number of nitrogens with one attached hydrogen (secondary N) is 1. The topological polar surface area (TPSA) is 96.0 Å². The number of carbonyl (C=O) groups is 2. The van der Waals surface area contributed by atoms with Gasteiger partial charge in [-0.25, -0.2) is 4.79 Å². The number of carbonyl (C=O) groups excluding carboxylic acids is 2. The van der Waals surface area contributed by atoms with Crippen molar-refractivity contribution in [3.8, 4) is 23.0 Å². The minimum Gasteiger partial charge on any atom is -0.493 e. The van der Waals surface area contributed by atoms with Gasteiger partial charge in [-0.2, -0.15) is 0 Å². The second-order valence-corrected chi connectivity index (χ2v) is 6.39. The molecule has 1 atom stereocenters. The molecule has 0 spiro atoms. The van der Waals surface area contributed by atoms with Crippen molar-refractivity contribution in [3.63, 3.8) is 0 Å². The molecule has 0 aliphatic rings. The van der Waals surface area contributed by atoms with Crippen LogP contribution >= 0.6 is 0 Å². The number of esters is 1. The summed E-state index contributed by atoms with van der Waals surface area (Å²) in [6.07, 6.45) is 2.10. The van der Waals surface area contributed by atoms with E-state index in [1.807, 2.05) is 0 Å². The first kappa shape index (κ1) is 21.6. The number of ether oxygens (including phenoxy) is 4. The van der Waals surface area contributed by atoms with Crippen LogP contribution in [0.2, 0.25) is 0 Å². The first-order valence-corrected chi connectivity index (χ1v) is 9.42. The molecule has 31 heavy (non-hydrogen) atoms. The monoisotopic (exact) mass is 422 g/mol. The van der Waals surface area contributed by atoms with Crippen LogP contribution in [0.5, 0.6) is 23.0 Å². The van der Waals surface area contributed by atoms with Gasteiger partial charge in [-0.15, -0.1) is 0 Å². The number of para-hydroxylation sites is 1. The van der Waals surface area contributed by atoms with Gasteiger partial charge in [-0.1, -0.05) is 12.1 Å². The normalized spacial score (nSPS) is 11.2. The zero-order valence-electron chi connectivity index (χ0n) is 17.3. The standard InChI is InChI=1S/C23H22N2O6/c1-15(22(26)25-16-10-11-20(28-2)21(13-16)29-3)30-23(27)18-8-4-5-9-19(18)31-17-7-6-12-24-14-17/h4-15H,1-3H3,(H,25,26). The van der Waals surface area contributed by atoms with Crippen LogP contribution in [-0.4, -0.2) is 37.2 Å². The molecule has 0 aliphatic heterocycles. The van der Waals surface area contributed by atoms with E-state index in [1.54, 1.807) is 60.8 Å². The van der Waals surface area contributed by atoms with E-state index in [2.05, 4.69) is 10.3 Å². The van der Waals surface area contributed by atoms with Crippen molar-refractivity contribution >= 4 is 17.6 Å². The fourth-order valence-electron chi connectivity index (χ4n) is 2.69. The van der Waals surface area contributed by atoms with Gasteiger partial charge >= 0.3 is 5.97 Å². The van der Waals surface area contributed by atoms with Crippen molar-refractivity contribution in [3.05, 3.63) is 72.6 Å². The number of hydrogen-bond donors (Lipinski definition) is 1. The van der Waals surface area contributed by atoms with E-state index >= 15 is 0 Å². The van der Waals surface area contributed by atoms with Crippen LogP contribution in [0.15, 0.2) is 67.0 Å². The fourth-order valence-corrected chi connectivity index (χ4v) is 2.69.